The van der Waals surface area contributed by atoms with Gasteiger partial charge in [0.2, 0.25) is 0 Å². The summed E-state index contributed by atoms with van der Waals surface area (Å²) in [7, 11) is 1.59. The van der Waals surface area contributed by atoms with E-state index < -0.39 is 0 Å². The Bertz CT molecular complexity index is 1350. The molecule has 0 saturated carbocycles. The summed E-state index contributed by atoms with van der Waals surface area (Å²) < 4.78 is 5.24. The molecule has 3 aromatic carbocycles. The number of amides is 1. The maximum absolute atomic E-state index is 12.8. The summed E-state index contributed by atoms with van der Waals surface area (Å²) in [5.74, 6) is 2.21. The lowest BCUT2D eigenvalue weighted by molar-refractivity contribution is 0.0940. The second-order valence-corrected chi connectivity index (χ2v) is 8.58. The van der Waals surface area contributed by atoms with Gasteiger partial charge in [0.25, 0.3) is 5.91 Å². The molecule has 1 aliphatic heterocycles. The summed E-state index contributed by atoms with van der Waals surface area (Å²) in [5, 5.41) is 13.8. The van der Waals surface area contributed by atoms with Gasteiger partial charge in [-0.05, 0) is 73.5 Å². The maximum Gasteiger partial charge on any atom is 0.251 e. The Morgan fingerprint density at radius 2 is 1.91 bits per heavy atom. The van der Waals surface area contributed by atoms with Crippen molar-refractivity contribution in [3.63, 3.8) is 0 Å². The number of methoxy groups -OCH3 is 1. The van der Waals surface area contributed by atoms with Crippen molar-refractivity contribution in [1.82, 2.24) is 15.3 Å². The first-order chi connectivity index (χ1) is 16.5. The number of ether oxygens (including phenoxy) is 1. The Kier molecular flexibility index (Phi) is 5.76. The molecule has 0 radical (unpaired) electrons. The first-order valence-corrected chi connectivity index (χ1v) is 11.3. The van der Waals surface area contributed by atoms with E-state index in [1.165, 1.54) is 0 Å². The van der Waals surface area contributed by atoms with Gasteiger partial charge < -0.3 is 20.1 Å². The molecular formula is C27H26N4O3. The number of nitrogens with zero attached hydrogens (tertiary/aromatic N) is 3. The number of carbonyl (C=O) groups excluding carboxylic acids is 1. The third-order valence-corrected chi connectivity index (χ3v) is 6.11. The summed E-state index contributed by atoms with van der Waals surface area (Å²) in [6, 6.07) is 20.3. The van der Waals surface area contributed by atoms with Crippen LogP contribution in [0, 0.1) is 6.92 Å². The third-order valence-electron chi connectivity index (χ3n) is 6.11. The molecule has 2 N–H and O–H groups in total. The van der Waals surface area contributed by atoms with Crippen LogP contribution in [-0.4, -0.2) is 47.2 Å². The number of phenols is 1. The first kappa shape index (κ1) is 21.7. The lowest BCUT2D eigenvalue weighted by Gasteiger charge is -2.21. The van der Waals surface area contributed by atoms with Gasteiger partial charge >= 0.3 is 0 Å². The maximum atomic E-state index is 12.8. The van der Waals surface area contributed by atoms with Gasteiger partial charge in [-0.15, -0.1) is 0 Å². The molecule has 4 aromatic rings. The van der Waals surface area contributed by atoms with Gasteiger partial charge in [0, 0.05) is 35.6 Å². The zero-order valence-electron chi connectivity index (χ0n) is 19.2. The molecule has 1 amide bonds. The molecule has 1 fully saturated rings. The molecule has 7 nitrogen and oxygen atoms in total. The molecule has 0 spiro atoms. The minimum Gasteiger partial charge on any atom is -0.508 e. The molecular weight excluding hydrogens is 428 g/mol. The molecule has 1 aliphatic rings. The van der Waals surface area contributed by atoms with Crippen LogP contribution in [0.3, 0.4) is 0 Å². The number of aryl methyl sites for hydroxylation is 1. The number of benzene rings is 3. The number of aromatic nitrogens is 2. The topological polar surface area (TPSA) is 87.6 Å². The van der Waals surface area contributed by atoms with Gasteiger partial charge in [-0.3, -0.25) is 4.79 Å². The van der Waals surface area contributed by atoms with Crippen LogP contribution in [0.4, 0.5) is 5.82 Å². The van der Waals surface area contributed by atoms with E-state index in [4.69, 9.17) is 14.7 Å². The largest absolute Gasteiger partial charge is 0.508 e. The van der Waals surface area contributed by atoms with Gasteiger partial charge in [-0.25, -0.2) is 9.97 Å². The van der Waals surface area contributed by atoms with Gasteiger partial charge in [0.05, 0.1) is 12.6 Å². The molecule has 0 unspecified atom stereocenters. The van der Waals surface area contributed by atoms with E-state index in [0.717, 1.165) is 40.8 Å². The molecule has 1 aromatic heterocycles. The van der Waals surface area contributed by atoms with Crippen LogP contribution >= 0.6 is 0 Å². The van der Waals surface area contributed by atoms with E-state index in [1.54, 1.807) is 31.4 Å². The Hall–Kier alpha value is -4.13. The number of carbonyl (C=O) groups is 1. The number of hydrogen-bond acceptors (Lipinski definition) is 6. The number of hydrogen-bond donors (Lipinski definition) is 2. The van der Waals surface area contributed by atoms with Crippen molar-refractivity contribution >= 4 is 22.6 Å². The predicted octanol–water partition coefficient (Wildman–Crippen LogP) is 4.33. The summed E-state index contributed by atoms with van der Waals surface area (Å²) >= 11 is 0. The molecule has 2 heterocycles. The van der Waals surface area contributed by atoms with Crippen molar-refractivity contribution in [2.45, 2.75) is 19.4 Å². The number of nitrogens with one attached hydrogen (secondary N) is 1. The van der Waals surface area contributed by atoms with E-state index in [9.17, 15) is 9.90 Å². The number of phenolic OH excluding ortho intramolecular Hbond substituents is 1. The Morgan fingerprint density at radius 3 is 2.71 bits per heavy atom. The van der Waals surface area contributed by atoms with Crippen LogP contribution in [0.5, 0.6) is 11.5 Å². The van der Waals surface area contributed by atoms with Gasteiger partial charge in [-0.2, -0.15) is 0 Å². The van der Waals surface area contributed by atoms with E-state index in [2.05, 4.69) is 28.4 Å². The zero-order valence-corrected chi connectivity index (χ0v) is 19.2. The lowest BCUT2D eigenvalue weighted by atomic mass is 10.1. The normalized spacial score (nSPS) is 15.5. The van der Waals surface area contributed by atoms with E-state index in [-0.39, 0.29) is 17.7 Å². The Balaban J connectivity index is 1.42. The van der Waals surface area contributed by atoms with Crippen LogP contribution in [0.15, 0.2) is 66.7 Å². The van der Waals surface area contributed by atoms with Crippen LogP contribution in [-0.2, 0) is 0 Å². The number of anilines is 1. The Labute approximate surface area is 198 Å². The highest BCUT2D eigenvalue weighted by molar-refractivity contribution is 5.95. The van der Waals surface area contributed by atoms with Crippen molar-refractivity contribution in [2.75, 3.05) is 25.1 Å². The summed E-state index contributed by atoms with van der Waals surface area (Å²) in [6.07, 6.45) is 0.821. The number of fused-ring (bicyclic) bond motifs is 1. The molecule has 0 aliphatic carbocycles. The summed E-state index contributed by atoms with van der Waals surface area (Å²) in [6.45, 7) is 3.48. The molecule has 5 rings (SSSR count). The predicted molar refractivity (Wildman–Crippen MR) is 132 cm³/mol. The van der Waals surface area contributed by atoms with E-state index in [1.807, 2.05) is 31.2 Å². The molecule has 34 heavy (non-hydrogen) atoms. The van der Waals surface area contributed by atoms with Gasteiger partial charge in [0.15, 0.2) is 5.82 Å². The third kappa shape index (κ3) is 4.37. The van der Waals surface area contributed by atoms with Gasteiger partial charge in [0.1, 0.15) is 17.3 Å². The van der Waals surface area contributed by atoms with Crippen LogP contribution in [0.25, 0.3) is 22.3 Å². The van der Waals surface area contributed by atoms with Crippen molar-refractivity contribution < 1.29 is 14.6 Å². The number of rotatable bonds is 5. The first-order valence-electron chi connectivity index (χ1n) is 11.3. The highest BCUT2D eigenvalue weighted by Gasteiger charge is 2.27. The average molecular weight is 455 g/mol. The fourth-order valence-corrected chi connectivity index (χ4v) is 4.31. The fraction of sp³-hybridized carbons (Fsp3) is 0.222. The monoisotopic (exact) mass is 454 g/mol. The number of aromatic hydroxyl groups is 1. The van der Waals surface area contributed by atoms with Crippen molar-refractivity contribution in [3.05, 3.63) is 77.9 Å². The standard InChI is InChI=1S/C27H26N4O3/c1-17-6-11-23-24(14-17)29-25(18-7-9-21(32)10-8-18)30-26(23)31-13-12-20(16-31)28-27(33)19-4-3-5-22(15-19)34-2/h3-11,14-15,20,32H,12-13,16H2,1-2H3,(H,28,33)/t20-/m1/s1. The van der Waals surface area contributed by atoms with Crippen molar-refractivity contribution in [1.29, 1.82) is 0 Å². The van der Waals surface area contributed by atoms with Crippen LogP contribution < -0.4 is 15.0 Å². The van der Waals surface area contributed by atoms with Crippen molar-refractivity contribution in [3.8, 4) is 22.9 Å². The molecule has 0 bridgehead atoms. The fourth-order valence-electron chi connectivity index (χ4n) is 4.31. The van der Waals surface area contributed by atoms with E-state index >= 15 is 0 Å². The lowest BCUT2D eigenvalue weighted by Crippen LogP contribution is -2.37. The highest BCUT2D eigenvalue weighted by Crippen LogP contribution is 2.31. The second-order valence-electron chi connectivity index (χ2n) is 8.58. The minimum atomic E-state index is -0.112. The average Bonchev–Trinajstić information content (AvgIpc) is 3.31. The minimum absolute atomic E-state index is 0.00582. The van der Waals surface area contributed by atoms with Gasteiger partial charge in [-0.1, -0.05) is 12.1 Å². The van der Waals surface area contributed by atoms with Crippen LogP contribution in [0.1, 0.15) is 22.3 Å². The molecule has 1 atom stereocenters. The smallest absolute Gasteiger partial charge is 0.251 e. The van der Waals surface area contributed by atoms with Crippen molar-refractivity contribution in [2.24, 2.45) is 0 Å². The molecule has 7 heteroatoms. The molecule has 1 saturated heterocycles. The van der Waals surface area contributed by atoms with E-state index in [0.29, 0.717) is 23.7 Å². The summed E-state index contributed by atoms with van der Waals surface area (Å²) in [5.41, 5.74) is 3.41. The van der Waals surface area contributed by atoms with Crippen LogP contribution in [0.2, 0.25) is 0 Å². The SMILES string of the molecule is COc1cccc(C(=O)N[C@@H]2CCN(c3nc(-c4ccc(O)cc4)nc4cc(C)ccc34)C2)c1. The quantitative estimate of drug-likeness (QED) is 0.467. The zero-order chi connectivity index (χ0) is 23.7. The highest BCUT2D eigenvalue weighted by atomic mass is 16.5. The Morgan fingerprint density at radius 1 is 1.09 bits per heavy atom. The second kappa shape index (κ2) is 9.02. The summed E-state index contributed by atoms with van der Waals surface area (Å²) in [4.78, 5) is 24.7. The molecule has 172 valence electrons.